The maximum Gasteiger partial charge on any atom is 0.321 e. The van der Waals surface area contributed by atoms with Gasteiger partial charge in [-0.05, 0) is 43.0 Å². The third-order valence-corrected chi connectivity index (χ3v) is 4.40. The summed E-state index contributed by atoms with van der Waals surface area (Å²) in [6.07, 6.45) is 3.99. The van der Waals surface area contributed by atoms with Gasteiger partial charge in [0.15, 0.2) is 0 Å². The molecule has 2 rings (SSSR count). The number of nitrogens with zero attached hydrogens (tertiary/aromatic N) is 1. The average molecular weight is 268 g/mol. The minimum Gasteiger partial charge on any atom is -0.396 e. The molecule has 0 aromatic carbocycles. The standard InChI is InChI=1S/C13H20N2O2S/c1-15(12-4-2-10(8-16)3-5-12)13(17)14-11-6-7-18-9-11/h6-7,9-10,12,16H,2-5,8H2,1H3,(H,14,17). The molecule has 1 aliphatic carbocycles. The first-order valence-corrected chi connectivity index (χ1v) is 7.32. The topological polar surface area (TPSA) is 52.6 Å². The molecule has 1 aliphatic rings. The molecule has 0 unspecified atom stereocenters. The molecular formula is C13H20N2O2S. The van der Waals surface area contributed by atoms with Crippen LogP contribution in [0.1, 0.15) is 25.7 Å². The molecule has 1 saturated carbocycles. The number of rotatable bonds is 3. The van der Waals surface area contributed by atoms with Crippen LogP contribution in [0.15, 0.2) is 16.8 Å². The zero-order valence-corrected chi connectivity index (χ0v) is 11.4. The van der Waals surface area contributed by atoms with Crippen molar-refractivity contribution in [3.63, 3.8) is 0 Å². The highest BCUT2D eigenvalue weighted by Crippen LogP contribution is 2.27. The summed E-state index contributed by atoms with van der Waals surface area (Å²) in [5, 5.41) is 15.9. The van der Waals surface area contributed by atoms with E-state index in [1.807, 2.05) is 23.9 Å². The number of thiophene rings is 1. The third-order valence-electron chi connectivity index (χ3n) is 3.71. The van der Waals surface area contributed by atoms with E-state index >= 15 is 0 Å². The van der Waals surface area contributed by atoms with E-state index in [0.29, 0.717) is 12.0 Å². The van der Waals surface area contributed by atoms with E-state index in [0.717, 1.165) is 31.4 Å². The molecule has 1 heterocycles. The minimum atomic E-state index is -0.0409. The van der Waals surface area contributed by atoms with Crippen LogP contribution in [0.5, 0.6) is 0 Å². The Hall–Kier alpha value is -1.07. The van der Waals surface area contributed by atoms with Gasteiger partial charge in [-0.3, -0.25) is 0 Å². The van der Waals surface area contributed by atoms with Crippen LogP contribution in [0.25, 0.3) is 0 Å². The Morgan fingerprint density at radius 3 is 2.78 bits per heavy atom. The van der Waals surface area contributed by atoms with Crippen molar-refractivity contribution in [1.82, 2.24) is 4.90 Å². The minimum absolute atomic E-state index is 0.0409. The number of amides is 2. The molecule has 0 atom stereocenters. The van der Waals surface area contributed by atoms with Gasteiger partial charge >= 0.3 is 6.03 Å². The van der Waals surface area contributed by atoms with Crippen molar-refractivity contribution in [3.8, 4) is 0 Å². The van der Waals surface area contributed by atoms with Crippen LogP contribution in [-0.2, 0) is 0 Å². The fraction of sp³-hybridized carbons (Fsp3) is 0.615. The van der Waals surface area contributed by atoms with Crippen LogP contribution < -0.4 is 5.32 Å². The molecule has 0 spiro atoms. The van der Waals surface area contributed by atoms with E-state index in [4.69, 9.17) is 5.11 Å². The molecule has 1 fully saturated rings. The SMILES string of the molecule is CN(C(=O)Nc1ccsc1)C1CCC(CO)CC1. The maximum atomic E-state index is 12.0. The van der Waals surface area contributed by atoms with E-state index in [9.17, 15) is 4.79 Å². The van der Waals surface area contributed by atoms with Crippen LogP contribution >= 0.6 is 11.3 Å². The normalized spacial score (nSPS) is 23.7. The van der Waals surface area contributed by atoms with Gasteiger partial charge in [-0.1, -0.05) is 0 Å². The summed E-state index contributed by atoms with van der Waals surface area (Å²) < 4.78 is 0. The van der Waals surface area contributed by atoms with Crippen LogP contribution in [0.3, 0.4) is 0 Å². The van der Waals surface area contributed by atoms with E-state index in [-0.39, 0.29) is 12.6 Å². The fourth-order valence-corrected chi connectivity index (χ4v) is 3.02. The number of nitrogens with one attached hydrogen (secondary N) is 1. The van der Waals surface area contributed by atoms with Crippen molar-refractivity contribution in [2.24, 2.45) is 5.92 Å². The lowest BCUT2D eigenvalue weighted by molar-refractivity contribution is 0.139. The number of aliphatic hydroxyl groups excluding tert-OH is 1. The second-order valence-electron chi connectivity index (χ2n) is 4.91. The Kier molecular flexibility index (Phi) is 4.60. The second-order valence-corrected chi connectivity index (χ2v) is 5.69. The number of hydrogen-bond acceptors (Lipinski definition) is 3. The van der Waals surface area contributed by atoms with Crippen molar-refractivity contribution >= 4 is 23.1 Å². The number of carbonyl (C=O) groups is 1. The molecule has 5 heteroatoms. The highest BCUT2D eigenvalue weighted by atomic mass is 32.1. The Bertz CT molecular complexity index is 372. The zero-order chi connectivity index (χ0) is 13.0. The van der Waals surface area contributed by atoms with Crippen molar-refractivity contribution in [2.45, 2.75) is 31.7 Å². The van der Waals surface area contributed by atoms with Crippen LogP contribution in [0, 0.1) is 5.92 Å². The van der Waals surface area contributed by atoms with E-state index in [2.05, 4.69) is 5.32 Å². The first kappa shape index (κ1) is 13.4. The van der Waals surface area contributed by atoms with E-state index < -0.39 is 0 Å². The lowest BCUT2D eigenvalue weighted by atomic mass is 9.86. The van der Waals surface area contributed by atoms with Gasteiger partial charge in [0.2, 0.25) is 0 Å². The molecule has 18 heavy (non-hydrogen) atoms. The second kappa shape index (κ2) is 6.20. The molecule has 2 N–H and O–H groups in total. The first-order chi connectivity index (χ1) is 8.70. The van der Waals surface area contributed by atoms with E-state index in [1.165, 1.54) is 0 Å². The molecule has 100 valence electrons. The molecule has 0 radical (unpaired) electrons. The Morgan fingerprint density at radius 2 is 2.22 bits per heavy atom. The summed E-state index contributed by atoms with van der Waals surface area (Å²) in [5.41, 5.74) is 0.862. The predicted molar refractivity (Wildman–Crippen MR) is 73.9 cm³/mol. The monoisotopic (exact) mass is 268 g/mol. The molecule has 1 aromatic heterocycles. The molecule has 0 saturated heterocycles. The summed E-state index contributed by atoms with van der Waals surface area (Å²) in [5.74, 6) is 0.426. The number of anilines is 1. The highest BCUT2D eigenvalue weighted by molar-refractivity contribution is 7.08. The number of aliphatic hydroxyl groups is 1. The Labute approximate surface area is 112 Å². The van der Waals surface area contributed by atoms with Crippen molar-refractivity contribution in [2.75, 3.05) is 19.0 Å². The smallest absolute Gasteiger partial charge is 0.321 e. The zero-order valence-electron chi connectivity index (χ0n) is 10.6. The number of urea groups is 1. The maximum absolute atomic E-state index is 12.0. The lowest BCUT2D eigenvalue weighted by Gasteiger charge is -2.34. The highest BCUT2D eigenvalue weighted by Gasteiger charge is 2.26. The predicted octanol–water partition coefficient (Wildman–Crippen LogP) is 2.76. The van der Waals surface area contributed by atoms with Gasteiger partial charge in [0, 0.05) is 25.1 Å². The third kappa shape index (κ3) is 3.23. The molecule has 0 bridgehead atoms. The largest absolute Gasteiger partial charge is 0.396 e. The fourth-order valence-electron chi connectivity index (χ4n) is 2.43. The van der Waals surface area contributed by atoms with Crippen LogP contribution in [0.4, 0.5) is 10.5 Å². The van der Waals surface area contributed by atoms with E-state index in [1.54, 1.807) is 16.2 Å². The summed E-state index contributed by atoms with van der Waals surface area (Å²) >= 11 is 1.57. The average Bonchev–Trinajstić information content (AvgIpc) is 2.91. The molecule has 1 aromatic rings. The van der Waals surface area contributed by atoms with Crippen molar-refractivity contribution in [3.05, 3.63) is 16.8 Å². The van der Waals surface area contributed by atoms with Crippen LogP contribution in [0.2, 0.25) is 0 Å². The van der Waals surface area contributed by atoms with Crippen LogP contribution in [-0.4, -0.2) is 35.7 Å². The van der Waals surface area contributed by atoms with Crippen molar-refractivity contribution < 1.29 is 9.90 Å². The quantitative estimate of drug-likeness (QED) is 0.885. The van der Waals surface area contributed by atoms with Gasteiger partial charge in [0.25, 0.3) is 0 Å². The summed E-state index contributed by atoms with van der Waals surface area (Å²) in [6, 6.07) is 2.16. The molecular weight excluding hydrogens is 248 g/mol. The lowest BCUT2D eigenvalue weighted by Crippen LogP contribution is -2.42. The molecule has 4 nitrogen and oxygen atoms in total. The summed E-state index contributed by atoms with van der Waals surface area (Å²) in [7, 11) is 1.85. The number of carbonyl (C=O) groups excluding carboxylic acids is 1. The van der Waals surface area contributed by atoms with Gasteiger partial charge < -0.3 is 15.3 Å². The van der Waals surface area contributed by atoms with Gasteiger partial charge in [-0.2, -0.15) is 11.3 Å². The first-order valence-electron chi connectivity index (χ1n) is 6.37. The van der Waals surface area contributed by atoms with Crippen molar-refractivity contribution in [1.29, 1.82) is 0 Å². The number of hydrogen-bond donors (Lipinski definition) is 2. The summed E-state index contributed by atoms with van der Waals surface area (Å²) in [4.78, 5) is 13.8. The van der Waals surface area contributed by atoms with Gasteiger partial charge in [0.1, 0.15) is 0 Å². The molecule has 0 aliphatic heterocycles. The summed E-state index contributed by atoms with van der Waals surface area (Å²) in [6.45, 7) is 0.275. The van der Waals surface area contributed by atoms with Gasteiger partial charge in [-0.15, -0.1) is 0 Å². The van der Waals surface area contributed by atoms with Gasteiger partial charge in [0.05, 0.1) is 5.69 Å². The Morgan fingerprint density at radius 1 is 1.50 bits per heavy atom. The molecule has 2 amide bonds. The Balaban J connectivity index is 1.83. The van der Waals surface area contributed by atoms with Gasteiger partial charge in [-0.25, -0.2) is 4.79 Å².